The van der Waals surface area contributed by atoms with Crippen LogP contribution in [-0.2, 0) is 11.2 Å². The molecule has 0 aromatic heterocycles. The maximum Gasteiger partial charge on any atom is 0.307 e. The molecule has 4 nitrogen and oxygen atoms in total. The zero-order valence-corrected chi connectivity index (χ0v) is 10.3. The van der Waals surface area contributed by atoms with Crippen molar-refractivity contribution in [3.8, 4) is 5.75 Å². The summed E-state index contributed by atoms with van der Waals surface area (Å²) < 4.78 is 5.59. The van der Waals surface area contributed by atoms with Crippen molar-refractivity contribution >= 4 is 5.97 Å². The van der Waals surface area contributed by atoms with E-state index in [4.69, 9.17) is 15.6 Å². The van der Waals surface area contributed by atoms with Crippen molar-refractivity contribution in [1.29, 1.82) is 0 Å². The van der Waals surface area contributed by atoms with Gasteiger partial charge in [-0.15, -0.1) is 0 Å². The van der Waals surface area contributed by atoms with Crippen LogP contribution in [0.1, 0.15) is 19.4 Å². The first-order valence-corrected chi connectivity index (χ1v) is 5.56. The Kier molecular flexibility index (Phi) is 4.52. The smallest absolute Gasteiger partial charge is 0.307 e. The molecule has 0 amide bonds. The Morgan fingerprint density at radius 3 is 2.41 bits per heavy atom. The zero-order chi connectivity index (χ0) is 12.9. The molecule has 94 valence electrons. The molecular weight excluding hydrogens is 218 g/mol. The summed E-state index contributed by atoms with van der Waals surface area (Å²) in [5.41, 5.74) is 6.31. The Morgan fingerprint density at radius 2 is 1.94 bits per heavy atom. The van der Waals surface area contributed by atoms with Crippen molar-refractivity contribution in [2.75, 3.05) is 13.2 Å². The standard InChI is InChI=1S/C13H19NO3/c1-13(2,8-14)9-17-11-5-3-10(4-6-11)7-12(15)16/h3-6H,7-9,14H2,1-2H3,(H,15,16). The van der Waals surface area contributed by atoms with E-state index < -0.39 is 5.97 Å². The monoisotopic (exact) mass is 237 g/mol. The molecule has 3 N–H and O–H groups in total. The minimum Gasteiger partial charge on any atom is -0.493 e. The van der Waals surface area contributed by atoms with E-state index in [1.807, 2.05) is 13.8 Å². The number of nitrogens with two attached hydrogens (primary N) is 1. The third kappa shape index (κ3) is 4.87. The summed E-state index contributed by atoms with van der Waals surface area (Å²) in [5.74, 6) is -0.0939. The molecule has 1 aromatic carbocycles. The Morgan fingerprint density at radius 1 is 1.35 bits per heavy atom. The molecule has 4 heteroatoms. The lowest BCUT2D eigenvalue weighted by Crippen LogP contribution is -2.30. The fraction of sp³-hybridized carbons (Fsp3) is 0.462. The van der Waals surface area contributed by atoms with Gasteiger partial charge in [-0.3, -0.25) is 4.79 Å². The number of carbonyl (C=O) groups is 1. The summed E-state index contributed by atoms with van der Waals surface area (Å²) in [4.78, 5) is 10.5. The average Bonchev–Trinajstić information content (AvgIpc) is 2.28. The number of carboxylic acids is 1. The topological polar surface area (TPSA) is 72.5 Å². The van der Waals surface area contributed by atoms with Gasteiger partial charge in [0.2, 0.25) is 0 Å². The molecule has 0 aliphatic carbocycles. The van der Waals surface area contributed by atoms with E-state index in [1.54, 1.807) is 24.3 Å². The molecule has 0 aliphatic heterocycles. The fourth-order valence-electron chi connectivity index (χ4n) is 1.22. The molecule has 0 saturated carbocycles. The molecule has 1 rings (SSSR count). The molecule has 0 atom stereocenters. The van der Waals surface area contributed by atoms with Crippen molar-refractivity contribution < 1.29 is 14.6 Å². The molecule has 0 saturated heterocycles. The highest BCUT2D eigenvalue weighted by atomic mass is 16.5. The second-order valence-corrected chi connectivity index (χ2v) is 4.87. The van der Waals surface area contributed by atoms with Crippen LogP contribution in [0.2, 0.25) is 0 Å². The van der Waals surface area contributed by atoms with Gasteiger partial charge in [0.05, 0.1) is 13.0 Å². The second kappa shape index (κ2) is 5.68. The molecule has 0 spiro atoms. The van der Waals surface area contributed by atoms with Crippen LogP contribution in [0, 0.1) is 5.41 Å². The molecular formula is C13H19NO3. The number of rotatable bonds is 6. The van der Waals surface area contributed by atoms with Gasteiger partial charge in [0.25, 0.3) is 0 Å². The van der Waals surface area contributed by atoms with Crippen LogP contribution >= 0.6 is 0 Å². The van der Waals surface area contributed by atoms with Crippen molar-refractivity contribution in [3.05, 3.63) is 29.8 Å². The number of benzene rings is 1. The highest BCUT2D eigenvalue weighted by Gasteiger charge is 2.16. The van der Waals surface area contributed by atoms with Crippen LogP contribution in [0.15, 0.2) is 24.3 Å². The molecule has 0 unspecified atom stereocenters. The summed E-state index contributed by atoms with van der Waals surface area (Å²) in [7, 11) is 0. The van der Waals surface area contributed by atoms with Crippen LogP contribution in [0.4, 0.5) is 0 Å². The van der Waals surface area contributed by atoms with Crippen LogP contribution in [-0.4, -0.2) is 24.2 Å². The first kappa shape index (κ1) is 13.5. The Hall–Kier alpha value is -1.55. The van der Waals surface area contributed by atoms with Gasteiger partial charge >= 0.3 is 5.97 Å². The van der Waals surface area contributed by atoms with Crippen molar-refractivity contribution in [2.24, 2.45) is 11.1 Å². The number of ether oxygens (including phenoxy) is 1. The summed E-state index contributed by atoms with van der Waals surface area (Å²) in [6.45, 7) is 5.17. The first-order chi connectivity index (χ1) is 7.93. The third-order valence-corrected chi connectivity index (χ3v) is 2.46. The van der Waals surface area contributed by atoms with Crippen molar-refractivity contribution in [2.45, 2.75) is 20.3 Å². The van der Waals surface area contributed by atoms with Gasteiger partial charge in [-0.25, -0.2) is 0 Å². The molecule has 0 heterocycles. The Labute approximate surface area is 101 Å². The zero-order valence-electron chi connectivity index (χ0n) is 10.3. The van der Waals surface area contributed by atoms with Crippen LogP contribution < -0.4 is 10.5 Å². The van der Waals surface area contributed by atoms with E-state index >= 15 is 0 Å². The molecule has 1 aromatic rings. The molecule has 17 heavy (non-hydrogen) atoms. The fourth-order valence-corrected chi connectivity index (χ4v) is 1.22. The Bertz CT molecular complexity index is 371. The maximum atomic E-state index is 10.5. The van der Waals surface area contributed by atoms with Gasteiger partial charge < -0.3 is 15.6 Å². The van der Waals surface area contributed by atoms with Crippen molar-refractivity contribution in [3.63, 3.8) is 0 Å². The van der Waals surface area contributed by atoms with Gasteiger partial charge in [0, 0.05) is 12.0 Å². The van der Waals surface area contributed by atoms with Gasteiger partial charge in [-0.1, -0.05) is 26.0 Å². The lowest BCUT2D eigenvalue weighted by atomic mass is 9.95. The van der Waals surface area contributed by atoms with E-state index in [-0.39, 0.29) is 11.8 Å². The van der Waals surface area contributed by atoms with E-state index in [0.717, 1.165) is 11.3 Å². The third-order valence-electron chi connectivity index (χ3n) is 2.46. The van der Waals surface area contributed by atoms with Crippen LogP contribution in [0.5, 0.6) is 5.75 Å². The number of hydrogen-bond donors (Lipinski definition) is 2. The van der Waals surface area contributed by atoms with E-state index in [2.05, 4.69) is 0 Å². The average molecular weight is 237 g/mol. The van der Waals surface area contributed by atoms with Gasteiger partial charge in [-0.2, -0.15) is 0 Å². The van der Waals surface area contributed by atoms with Gasteiger partial charge in [0.1, 0.15) is 5.75 Å². The summed E-state index contributed by atoms with van der Waals surface area (Å²) in [6.07, 6.45) is 0.0363. The lowest BCUT2D eigenvalue weighted by Gasteiger charge is -2.22. The minimum atomic E-state index is -0.831. The number of hydrogen-bond acceptors (Lipinski definition) is 3. The Balaban J connectivity index is 2.54. The van der Waals surface area contributed by atoms with Crippen molar-refractivity contribution in [1.82, 2.24) is 0 Å². The largest absolute Gasteiger partial charge is 0.493 e. The minimum absolute atomic E-state index is 0.0363. The predicted octanol–water partition coefficient (Wildman–Crippen LogP) is 1.68. The summed E-state index contributed by atoms with van der Waals surface area (Å²) in [6, 6.07) is 7.09. The lowest BCUT2D eigenvalue weighted by molar-refractivity contribution is -0.136. The van der Waals surface area contributed by atoms with Gasteiger partial charge in [-0.05, 0) is 17.7 Å². The second-order valence-electron chi connectivity index (χ2n) is 4.87. The molecule has 0 aliphatic rings. The maximum absolute atomic E-state index is 10.5. The number of aliphatic carboxylic acids is 1. The van der Waals surface area contributed by atoms with E-state index in [9.17, 15) is 4.79 Å². The molecule has 0 bridgehead atoms. The normalized spacial score (nSPS) is 11.2. The highest BCUT2D eigenvalue weighted by Crippen LogP contribution is 2.18. The van der Waals surface area contributed by atoms with Crippen LogP contribution in [0.25, 0.3) is 0 Å². The summed E-state index contributed by atoms with van der Waals surface area (Å²) >= 11 is 0. The predicted molar refractivity (Wildman–Crippen MR) is 66.1 cm³/mol. The van der Waals surface area contributed by atoms with Crippen LogP contribution in [0.3, 0.4) is 0 Å². The van der Waals surface area contributed by atoms with Gasteiger partial charge in [0.15, 0.2) is 0 Å². The van der Waals surface area contributed by atoms with E-state index in [1.165, 1.54) is 0 Å². The SMILES string of the molecule is CC(C)(CN)COc1ccc(CC(=O)O)cc1. The quantitative estimate of drug-likeness (QED) is 0.789. The number of carboxylic acid groups (broad SMARTS) is 1. The summed E-state index contributed by atoms with van der Waals surface area (Å²) in [5, 5.41) is 8.63. The highest BCUT2D eigenvalue weighted by molar-refractivity contribution is 5.70. The molecule has 0 fully saturated rings. The van der Waals surface area contributed by atoms with E-state index in [0.29, 0.717) is 13.2 Å². The first-order valence-electron chi connectivity index (χ1n) is 5.56. The molecule has 0 radical (unpaired) electrons.